The van der Waals surface area contributed by atoms with Crippen molar-refractivity contribution in [2.24, 2.45) is 0 Å². The van der Waals surface area contributed by atoms with Crippen LogP contribution in [0.15, 0.2) is 48.5 Å². The number of aromatic carboxylic acids is 1. The van der Waals surface area contributed by atoms with Crippen LogP contribution in [0.2, 0.25) is 0 Å². The number of carboxylic acids is 1. The first kappa shape index (κ1) is 13.6. The Bertz CT molecular complexity index is 805. The van der Waals surface area contributed by atoms with Gasteiger partial charge in [-0.15, -0.1) is 11.3 Å². The number of hydrogen-bond donors (Lipinski definition) is 1. The molecular weight excluding hydrogens is 284 g/mol. The van der Waals surface area contributed by atoms with Crippen molar-refractivity contribution in [1.82, 2.24) is 0 Å². The fraction of sp³-hybridized carbons (Fsp3) is 0.118. The van der Waals surface area contributed by atoms with E-state index in [1.54, 1.807) is 0 Å². The summed E-state index contributed by atoms with van der Waals surface area (Å²) in [5.41, 5.74) is 1.78. The molecule has 1 aromatic heterocycles. The number of para-hydroxylation sites is 1. The molecule has 2 aromatic carbocycles. The Labute approximate surface area is 126 Å². The van der Waals surface area contributed by atoms with E-state index in [4.69, 9.17) is 4.74 Å². The average Bonchev–Trinajstić information content (AvgIpc) is 2.85. The zero-order chi connectivity index (χ0) is 14.8. The van der Waals surface area contributed by atoms with Gasteiger partial charge in [0, 0.05) is 10.3 Å². The standard InChI is InChI=1S/C17H14O3S/c1-11-6-2-4-8-14(11)20-10-13-12-7-3-5-9-15(12)21-16(13)17(18)19/h2-9H,10H2,1H3,(H,18,19). The lowest BCUT2D eigenvalue weighted by molar-refractivity contribution is 0.0699. The van der Waals surface area contributed by atoms with Crippen LogP contribution < -0.4 is 4.74 Å². The molecule has 0 amide bonds. The summed E-state index contributed by atoms with van der Waals surface area (Å²) in [6.07, 6.45) is 0. The van der Waals surface area contributed by atoms with Crippen molar-refractivity contribution in [3.63, 3.8) is 0 Å². The van der Waals surface area contributed by atoms with Gasteiger partial charge in [-0.25, -0.2) is 4.79 Å². The minimum absolute atomic E-state index is 0.260. The zero-order valence-electron chi connectivity index (χ0n) is 11.5. The Morgan fingerprint density at radius 1 is 1.14 bits per heavy atom. The Hall–Kier alpha value is -2.33. The first-order valence-electron chi connectivity index (χ1n) is 6.59. The van der Waals surface area contributed by atoms with Gasteiger partial charge in [0.1, 0.15) is 17.2 Å². The molecule has 3 aromatic rings. The normalized spacial score (nSPS) is 10.7. The van der Waals surface area contributed by atoms with Gasteiger partial charge in [0.15, 0.2) is 0 Å². The van der Waals surface area contributed by atoms with Gasteiger partial charge in [0.25, 0.3) is 0 Å². The van der Waals surface area contributed by atoms with Crippen molar-refractivity contribution in [3.05, 3.63) is 64.5 Å². The lowest BCUT2D eigenvalue weighted by Crippen LogP contribution is -2.02. The third-order valence-corrected chi connectivity index (χ3v) is 4.56. The summed E-state index contributed by atoms with van der Waals surface area (Å²) < 4.78 is 6.79. The molecule has 0 aliphatic heterocycles. The highest BCUT2D eigenvalue weighted by Gasteiger charge is 2.18. The highest BCUT2D eigenvalue weighted by molar-refractivity contribution is 7.21. The van der Waals surface area contributed by atoms with E-state index in [2.05, 4.69) is 0 Å². The van der Waals surface area contributed by atoms with Crippen LogP contribution in [-0.4, -0.2) is 11.1 Å². The molecule has 0 atom stereocenters. The fourth-order valence-electron chi connectivity index (χ4n) is 2.28. The van der Waals surface area contributed by atoms with Crippen molar-refractivity contribution in [1.29, 1.82) is 0 Å². The minimum Gasteiger partial charge on any atom is -0.489 e. The molecule has 0 bridgehead atoms. The Morgan fingerprint density at radius 3 is 2.62 bits per heavy atom. The number of thiophene rings is 1. The van der Waals surface area contributed by atoms with Crippen molar-refractivity contribution in [3.8, 4) is 5.75 Å². The summed E-state index contributed by atoms with van der Waals surface area (Å²) in [5.74, 6) is -0.122. The third-order valence-electron chi connectivity index (χ3n) is 3.36. The van der Waals surface area contributed by atoms with Gasteiger partial charge in [-0.2, -0.15) is 0 Å². The predicted molar refractivity (Wildman–Crippen MR) is 84.3 cm³/mol. The predicted octanol–water partition coefficient (Wildman–Crippen LogP) is 4.49. The number of rotatable bonds is 4. The molecule has 0 unspecified atom stereocenters. The first-order chi connectivity index (χ1) is 10.2. The second kappa shape index (κ2) is 5.58. The molecule has 1 heterocycles. The number of carboxylic acid groups (broad SMARTS) is 1. The molecule has 0 spiro atoms. The second-order valence-corrected chi connectivity index (χ2v) is 5.82. The lowest BCUT2D eigenvalue weighted by atomic mass is 10.1. The third kappa shape index (κ3) is 2.62. The van der Waals surface area contributed by atoms with E-state index in [1.165, 1.54) is 11.3 Å². The molecule has 1 N–H and O–H groups in total. The largest absolute Gasteiger partial charge is 0.489 e. The van der Waals surface area contributed by atoms with E-state index in [1.807, 2.05) is 55.5 Å². The number of ether oxygens (including phenoxy) is 1. The molecule has 106 valence electrons. The Balaban J connectivity index is 1.98. The fourth-order valence-corrected chi connectivity index (χ4v) is 3.33. The molecule has 0 fully saturated rings. The van der Waals surface area contributed by atoms with Crippen LogP contribution in [0.3, 0.4) is 0 Å². The van der Waals surface area contributed by atoms with E-state index in [0.717, 1.165) is 27.0 Å². The zero-order valence-corrected chi connectivity index (χ0v) is 12.3. The van der Waals surface area contributed by atoms with Crippen LogP contribution in [-0.2, 0) is 6.61 Å². The van der Waals surface area contributed by atoms with Gasteiger partial charge in [-0.05, 0) is 30.0 Å². The quantitative estimate of drug-likeness (QED) is 0.772. The van der Waals surface area contributed by atoms with E-state index < -0.39 is 5.97 Å². The van der Waals surface area contributed by atoms with Crippen LogP contribution >= 0.6 is 11.3 Å². The number of fused-ring (bicyclic) bond motifs is 1. The van der Waals surface area contributed by atoms with Crippen LogP contribution in [0.1, 0.15) is 20.8 Å². The molecular formula is C17H14O3S. The van der Waals surface area contributed by atoms with E-state index >= 15 is 0 Å². The molecule has 0 saturated heterocycles. The smallest absolute Gasteiger partial charge is 0.346 e. The Morgan fingerprint density at radius 2 is 1.86 bits per heavy atom. The summed E-state index contributed by atoms with van der Waals surface area (Å²) in [7, 11) is 0. The highest BCUT2D eigenvalue weighted by atomic mass is 32.1. The molecule has 3 rings (SSSR count). The molecule has 21 heavy (non-hydrogen) atoms. The van der Waals surface area contributed by atoms with Crippen molar-refractivity contribution < 1.29 is 14.6 Å². The second-order valence-electron chi connectivity index (χ2n) is 4.77. The minimum atomic E-state index is -0.903. The molecule has 0 aliphatic rings. The molecule has 0 radical (unpaired) electrons. The van der Waals surface area contributed by atoms with Gasteiger partial charge in [-0.1, -0.05) is 36.4 Å². The molecule has 3 nitrogen and oxygen atoms in total. The van der Waals surface area contributed by atoms with Crippen LogP contribution in [0, 0.1) is 6.92 Å². The molecule has 0 aliphatic carbocycles. The number of hydrogen-bond acceptors (Lipinski definition) is 3. The van der Waals surface area contributed by atoms with Crippen molar-refractivity contribution >= 4 is 27.4 Å². The Kier molecular flexibility index (Phi) is 3.62. The van der Waals surface area contributed by atoms with Crippen LogP contribution in [0.5, 0.6) is 5.75 Å². The maximum atomic E-state index is 11.4. The van der Waals surface area contributed by atoms with Gasteiger partial charge in [0.05, 0.1) is 0 Å². The number of benzene rings is 2. The van der Waals surface area contributed by atoms with E-state index in [-0.39, 0.29) is 6.61 Å². The van der Waals surface area contributed by atoms with Crippen LogP contribution in [0.25, 0.3) is 10.1 Å². The van der Waals surface area contributed by atoms with Crippen LogP contribution in [0.4, 0.5) is 0 Å². The van der Waals surface area contributed by atoms with Gasteiger partial charge in [0.2, 0.25) is 0 Å². The maximum absolute atomic E-state index is 11.4. The first-order valence-corrected chi connectivity index (χ1v) is 7.40. The van der Waals surface area contributed by atoms with Gasteiger partial charge < -0.3 is 9.84 Å². The number of carbonyl (C=O) groups is 1. The van der Waals surface area contributed by atoms with Crippen molar-refractivity contribution in [2.75, 3.05) is 0 Å². The SMILES string of the molecule is Cc1ccccc1OCc1c(C(=O)O)sc2ccccc12. The summed E-state index contributed by atoms with van der Waals surface area (Å²) in [6.45, 7) is 2.23. The topological polar surface area (TPSA) is 46.5 Å². The van der Waals surface area contributed by atoms with E-state index in [0.29, 0.717) is 4.88 Å². The summed E-state index contributed by atoms with van der Waals surface area (Å²) in [4.78, 5) is 11.8. The summed E-state index contributed by atoms with van der Waals surface area (Å²) in [6, 6.07) is 15.4. The molecule has 4 heteroatoms. The van der Waals surface area contributed by atoms with Gasteiger partial charge >= 0.3 is 5.97 Å². The summed E-state index contributed by atoms with van der Waals surface area (Å²) >= 11 is 1.29. The monoisotopic (exact) mass is 298 g/mol. The number of aryl methyl sites for hydroxylation is 1. The lowest BCUT2D eigenvalue weighted by Gasteiger charge is -2.09. The maximum Gasteiger partial charge on any atom is 0.346 e. The summed E-state index contributed by atoms with van der Waals surface area (Å²) in [5, 5.41) is 10.3. The van der Waals surface area contributed by atoms with Gasteiger partial charge in [-0.3, -0.25) is 0 Å². The van der Waals surface area contributed by atoms with Crippen molar-refractivity contribution in [2.45, 2.75) is 13.5 Å². The highest BCUT2D eigenvalue weighted by Crippen LogP contribution is 2.32. The molecule has 0 saturated carbocycles. The average molecular weight is 298 g/mol. The van der Waals surface area contributed by atoms with E-state index in [9.17, 15) is 9.90 Å².